The van der Waals surface area contributed by atoms with Gasteiger partial charge >= 0.3 is 6.16 Å². The van der Waals surface area contributed by atoms with Crippen molar-refractivity contribution in [2.24, 2.45) is 0 Å². The minimum Gasteiger partial charge on any atom is -0.475 e. The van der Waals surface area contributed by atoms with Crippen molar-refractivity contribution < 1.29 is 23.9 Å². The fraction of sp³-hybridized carbons (Fsp3) is 0.391. The molecule has 33 heavy (non-hydrogen) atoms. The van der Waals surface area contributed by atoms with E-state index in [4.69, 9.17) is 14.2 Å². The van der Waals surface area contributed by atoms with Gasteiger partial charge < -0.3 is 24.4 Å². The van der Waals surface area contributed by atoms with E-state index in [9.17, 15) is 14.9 Å². The third-order valence-electron chi connectivity index (χ3n) is 4.91. The molecule has 1 aromatic carbocycles. The molecule has 10 heteroatoms. The highest BCUT2D eigenvalue weighted by Gasteiger charge is 2.35. The fourth-order valence-electron chi connectivity index (χ4n) is 3.47. The Morgan fingerprint density at radius 2 is 2.06 bits per heavy atom. The number of rotatable bonds is 8. The quantitative estimate of drug-likeness (QED) is 0.353. The maximum Gasteiger partial charge on any atom is 0.513 e. The van der Waals surface area contributed by atoms with Crippen molar-refractivity contribution in [2.45, 2.75) is 32.8 Å². The number of hydrogen-bond donors (Lipinski definition) is 1. The zero-order chi connectivity index (χ0) is 24.1. The van der Waals surface area contributed by atoms with E-state index >= 15 is 0 Å². The average Bonchev–Trinajstić information content (AvgIpc) is 2.74. The first-order valence-electron chi connectivity index (χ1n) is 10.5. The van der Waals surface area contributed by atoms with E-state index in [1.807, 2.05) is 32.8 Å². The number of likely N-dealkylation sites (N-methyl/N-ethyl adjacent to an activating group) is 1. The fourth-order valence-corrected chi connectivity index (χ4v) is 3.47. The van der Waals surface area contributed by atoms with Crippen LogP contribution in [0.2, 0.25) is 0 Å². The van der Waals surface area contributed by atoms with E-state index in [2.05, 4.69) is 10.3 Å². The third kappa shape index (κ3) is 5.78. The van der Waals surface area contributed by atoms with Gasteiger partial charge in [-0.25, -0.2) is 9.78 Å². The summed E-state index contributed by atoms with van der Waals surface area (Å²) in [7, 11) is 3.73. The molecule has 10 nitrogen and oxygen atoms in total. The number of nitro benzene ring substituents is 1. The number of carbonyl (C=O) groups is 1. The molecule has 0 amide bonds. The smallest absolute Gasteiger partial charge is 0.475 e. The Hall–Kier alpha value is -3.66. The largest absolute Gasteiger partial charge is 0.513 e. The topological polar surface area (TPSA) is 116 Å². The third-order valence-corrected chi connectivity index (χ3v) is 4.91. The summed E-state index contributed by atoms with van der Waals surface area (Å²) in [5.74, 6) is -0.0643. The van der Waals surface area contributed by atoms with Crippen LogP contribution in [0.25, 0.3) is 0 Å². The molecule has 176 valence electrons. The zero-order valence-electron chi connectivity index (χ0n) is 19.3. The zero-order valence-corrected chi connectivity index (χ0v) is 19.3. The molecule has 0 saturated heterocycles. The lowest BCUT2D eigenvalue weighted by Crippen LogP contribution is -2.25. The van der Waals surface area contributed by atoms with Crippen LogP contribution in [0.1, 0.15) is 37.8 Å². The number of anilines is 1. The molecule has 0 fully saturated rings. The van der Waals surface area contributed by atoms with Gasteiger partial charge in [-0.1, -0.05) is 12.1 Å². The van der Waals surface area contributed by atoms with E-state index in [-0.39, 0.29) is 24.2 Å². The van der Waals surface area contributed by atoms with Gasteiger partial charge in [0.05, 0.1) is 28.2 Å². The van der Waals surface area contributed by atoms with E-state index in [1.165, 1.54) is 12.1 Å². The van der Waals surface area contributed by atoms with Gasteiger partial charge in [-0.3, -0.25) is 10.1 Å². The summed E-state index contributed by atoms with van der Waals surface area (Å²) < 4.78 is 16.8. The van der Waals surface area contributed by atoms with Crippen LogP contribution in [0.5, 0.6) is 5.88 Å². The maximum absolute atomic E-state index is 12.5. The van der Waals surface area contributed by atoms with Crippen molar-refractivity contribution in [3.63, 3.8) is 0 Å². The number of benzene rings is 1. The summed E-state index contributed by atoms with van der Waals surface area (Å²) in [6.45, 7) is 6.21. The molecular weight excluding hydrogens is 428 g/mol. The van der Waals surface area contributed by atoms with E-state index < -0.39 is 17.0 Å². The normalized spacial score (nSPS) is 15.2. The SMILES string of the molecule is CC1=C(OC(=O)OCCN(C)C)C(c2cccc([N+](=O)[O-])c2)c2c(ccnc2OC(C)C)N1. The Kier molecular flexibility index (Phi) is 7.49. The standard InChI is InChI=1S/C23H28N4O6/c1-14(2)32-22-20-18(9-10-24-22)25-15(3)21(33-23(28)31-12-11-26(4)5)19(20)16-7-6-8-17(13-16)27(29)30/h6-10,13-14,19,25H,11-12H2,1-5H3. The summed E-state index contributed by atoms with van der Waals surface area (Å²) >= 11 is 0. The Labute approximate surface area is 192 Å². The van der Waals surface area contributed by atoms with Crippen LogP contribution in [-0.2, 0) is 9.47 Å². The minimum absolute atomic E-state index is 0.0756. The molecule has 1 aromatic heterocycles. The number of aromatic nitrogens is 1. The molecule has 1 aliphatic heterocycles. The van der Waals surface area contributed by atoms with Gasteiger partial charge in [-0.15, -0.1) is 0 Å². The number of nitrogens with one attached hydrogen (secondary N) is 1. The van der Waals surface area contributed by atoms with Gasteiger partial charge in [0.1, 0.15) is 12.4 Å². The van der Waals surface area contributed by atoms with Crippen molar-refractivity contribution in [1.82, 2.24) is 9.88 Å². The van der Waals surface area contributed by atoms with Gasteiger partial charge in [0.15, 0.2) is 0 Å². The first-order valence-corrected chi connectivity index (χ1v) is 10.5. The van der Waals surface area contributed by atoms with Crippen molar-refractivity contribution in [1.29, 1.82) is 0 Å². The number of hydrogen-bond acceptors (Lipinski definition) is 9. The van der Waals surface area contributed by atoms with E-state index in [0.717, 1.165) is 0 Å². The number of fused-ring (bicyclic) bond motifs is 1. The summed E-state index contributed by atoms with van der Waals surface area (Å²) in [6.07, 6.45) is 0.590. The lowest BCUT2D eigenvalue weighted by Gasteiger charge is -2.31. The van der Waals surface area contributed by atoms with E-state index in [1.54, 1.807) is 31.3 Å². The van der Waals surface area contributed by atoms with Crippen LogP contribution in [0.4, 0.5) is 16.2 Å². The number of non-ortho nitro benzene ring substituents is 1. The van der Waals surface area contributed by atoms with Crippen molar-refractivity contribution >= 4 is 17.5 Å². The highest BCUT2D eigenvalue weighted by atomic mass is 16.7. The Balaban J connectivity index is 2.07. The average molecular weight is 456 g/mol. The Morgan fingerprint density at radius 3 is 2.73 bits per heavy atom. The van der Waals surface area contributed by atoms with Crippen LogP contribution in [-0.4, -0.2) is 54.3 Å². The Bertz CT molecular complexity index is 1070. The molecule has 0 spiro atoms. The monoisotopic (exact) mass is 456 g/mol. The summed E-state index contributed by atoms with van der Waals surface area (Å²) in [6, 6.07) is 7.99. The van der Waals surface area contributed by atoms with Crippen LogP contribution >= 0.6 is 0 Å². The molecule has 0 radical (unpaired) electrons. The number of nitrogens with zero attached hydrogens (tertiary/aromatic N) is 3. The van der Waals surface area contributed by atoms with Crippen LogP contribution in [0.3, 0.4) is 0 Å². The number of allylic oxidation sites excluding steroid dienone is 2. The molecule has 0 saturated carbocycles. The number of carbonyl (C=O) groups excluding carboxylic acids is 1. The van der Waals surface area contributed by atoms with Crippen molar-refractivity contribution in [3.8, 4) is 5.88 Å². The summed E-state index contributed by atoms with van der Waals surface area (Å²) in [5, 5.41) is 14.7. The molecule has 1 atom stereocenters. The lowest BCUT2D eigenvalue weighted by atomic mass is 9.85. The van der Waals surface area contributed by atoms with Gasteiger partial charge in [0.25, 0.3) is 5.69 Å². The summed E-state index contributed by atoms with van der Waals surface area (Å²) in [5.41, 5.74) is 2.39. The van der Waals surface area contributed by atoms with Gasteiger partial charge in [-0.05, 0) is 46.5 Å². The number of ether oxygens (including phenoxy) is 3. The molecular formula is C23H28N4O6. The first kappa shape index (κ1) is 24.0. The summed E-state index contributed by atoms with van der Waals surface area (Å²) in [4.78, 5) is 29.7. The molecule has 1 N–H and O–H groups in total. The second-order valence-corrected chi connectivity index (χ2v) is 8.15. The Morgan fingerprint density at radius 1 is 1.30 bits per heavy atom. The highest BCUT2D eigenvalue weighted by Crippen LogP contribution is 2.46. The molecule has 2 heterocycles. The second-order valence-electron chi connectivity index (χ2n) is 8.15. The molecule has 1 aliphatic rings. The minimum atomic E-state index is -0.859. The first-order chi connectivity index (χ1) is 15.7. The molecule has 3 rings (SSSR count). The molecule has 2 aromatic rings. The van der Waals surface area contributed by atoms with Crippen LogP contribution in [0.15, 0.2) is 48.0 Å². The molecule has 1 unspecified atom stereocenters. The van der Waals surface area contributed by atoms with E-state index in [0.29, 0.717) is 34.9 Å². The van der Waals surface area contributed by atoms with Gasteiger partial charge in [0, 0.05) is 30.6 Å². The molecule has 0 bridgehead atoms. The van der Waals surface area contributed by atoms with Crippen molar-refractivity contribution in [3.05, 3.63) is 69.2 Å². The maximum atomic E-state index is 12.5. The van der Waals surface area contributed by atoms with Crippen molar-refractivity contribution in [2.75, 3.05) is 32.6 Å². The predicted molar refractivity (Wildman–Crippen MR) is 122 cm³/mol. The van der Waals surface area contributed by atoms with Gasteiger partial charge in [-0.2, -0.15) is 0 Å². The second kappa shape index (κ2) is 10.3. The van der Waals surface area contributed by atoms with Gasteiger partial charge in [0.2, 0.25) is 5.88 Å². The van der Waals surface area contributed by atoms with Crippen LogP contribution < -0.4 is 10.1 Å². The lowest BCUT2D eigenvalue weighted by molar-refractivity contribution is -0.384. The highest BCUT2D eigenvalue weighted by molar-refractivity contribution is 5.70. The predicted octanol–water partition coefficient (Wildman–Crippen LogP) is 4.28. The van der Waals surface area contributed by atoms with Crippen LogP contribution in [0, 0.1) is 10.1 Å². The number of pyridine rings is 1. The molecule has 0 aliphatic carbocycles. The number of nitro groups is 1.